The van der Waals surface area contributed by atoms with Crippen molar-refractivity contribution in [3.8, 4) is 0 Å². The van der Waals surface area contributed by atoms with Crippen LogP contribution in [0.5, 0.6) is 0 Å². The smallest absolute Gasteiger partial charge is 0.275 e. The van der Waals surface area contributed by atoms with Gasteiger partial charge in [-0.1, -0.05) is 43.3 Å². The molecule has 140 valence electrons. The third-order valence-corrected chi connectivity index (χ3v) is 4.78. The number of benzene rings is 1. The second-order valence-electron chi connectivity index (χ2n) is 7.66. The largest absolute Gasteiger partial charge is 0.347 e. The molecule has 2 aromatic rings. The van der Waals surface area contributed by atoms with E-state index in [4.69, 9.17) is 0 Å². The highest BCUT2D eigenvalue weighted by atomic mass is 16.6. The summed E-state index contributed by atoms with van der Waals surface area (Å²) in [5.41, 5.74) is 3.52. The molecule has 0 radical (unpaired) electrons. The topological polar surface area (TPSA) is 71.3 Å². The lowest BCUT2D eigenvalue weighted by molar-refractivity contribution is 0.0890. The van der Waals surface area contributed by atoms with E-state index in [1.54, 1.807) is 6.92 Å². The number of hydrogen-bond donors (Lipinski definition) is 1. The molecule has 26 heavy (non-hydrogen) atoms. The Morgan fingerprint density at radius 1 is 1.27 bits per heavy atom. The minimum absolute atomic E-state index is 0.132. The van der Waals surface area contributed by atoms with Gasteiger partial charge in [-0.15, -0.1) is 0 Å². The molecule has 1 aliphatic heterocycles. The number of rotatable bonds is 6. The number of hydrogen-bond acceptors (Lipinski definition) is 5. The molecule has 0 spiro atoms. The summed E-state index contributed by atoms with van der Waals surface area (Å²) in [6.45, 7) is 9.04. The number of aromatic nitrogens is 2. The van der Waals surface area contributed by atoms with Gasteiger partial charge in [-0.3, -0.25) is 9.69 Å². The van der Waals surface area contributed by atoms with Crippen LogP contribution >= 0.6 is 0 Å². The maximum Gasteiger partial charge on any atom is 0.275 e. The van der Waals surface area contributed by atoms with Crippen LogP contribution in [0.4, 0.5) is 0 Å². The molecule has 0 bridgehead atoms. The molecule has 6 heteroatoms. The maximum atomic E-state index is 12.3. The first-order valence-corrected chi connectivity index (χ1v) is 9.41. The van der Waals surface area contributed by atoms with Crippen molar-refractivity contribution in [3.63, 3.8) is 0 Å². The first-order valence-electron chi connectivity index (χ1n) is 9.41. The monoisotopic (exact) mass is 356 g/mol. The lowest BCUT2D eigenvalue weighted by Crippen LogP contribution is -2.47. The maximum absolute atomic E-state index is 12.3. The first-order chi connectivity index (χ1) is 12.5. The van der Waals surface area contributed by atoms with Gasteiger partial charge >= 0.3 is 0 Å². The molecule has 0 aliphatic carbocycles. The van der Waals surface area contributed by atoms with E-state index in [-0.39, 0.29) is 17.6 Å². The quantitative estimate of drug-likeness (QED) is 0.861. The fourth-order valence-corrected chi connectivity index (χ4v) is 3.52. The van der Waals surface area contributed by atoms with E-state index in [0.717, 1.165) is 38.9 Å². The highest BCUT2D eigenvalue weighted by molar-refractivity contribution is 5.93. The van der Waals surface area contributed by atoms with Crippen molar-refractivity contribution in [2.24, 2.45) is 5.92 Å². The number of nitrogens with zero attached hydrogens (tertiary/aromatic N) is 3. The van der Waals surface area contributed by atoms with Crippen molar-refractivity contribution in [1.82, 2.24) is 20.5 Å². The zero-order valence-electron chi connectivity index (χ0n) is 15.9. The van der Waals surface area contributed by atoms with E-state index < -0.39 is 0 Å². The fraction of sp³-hybridized carbons (Fsp3) is 0.550. The van der Waals surface area contributed by atoms with Gasteiger partial charge in [-0.05, 0) is 54.9 Å². The normalized spacial score (nSPS) is 18.2. The summed E-state index contributed by atoms with van der Waals surface area (Å²) < 4.78 is 4.62. The van der Waals surface area contributed by atoms with Gasteiger partial charge in [0, 0.05) is 19.1 Å². The molecular weight excluding hydrogens is 328 g/mol. The average Bonchev–Trinajstić information content (AvgIpc) is 3.03. The number of carbonyl (C=O) groups is 1. The molecule has 1 aromatic heterocycles. The van der Waals surface area contributed by atoms with Gasteiger partial charge in [0.05, 0.1) is 0 Å². The highest BCUT2D eigenvalue weighted by Gasteiger charge is 2.24. The van der Waals surface area contributed by atoms with Gasteiger partial charge < -0.3 is 5.32 Å². The number of likely N-dealkylation sites (tertiary alicyclic amines) is 1. The van der Waals surface area contributed by atoms with Crippen LogP contribution < -0.4 is 5.32 Å². The van der Waals surface area contributed by atoms with E-state index >= 15 is 0 Å². The van der Waals surface area contributed by atoms with Crippen molar-refractivity contribution in [1.29, 1.82) is 0 Å². The van der Waals surface area contributed by atoms with Crippen molar-refractivity contribution >= 4 is 5.91 Å². The summed E-state index contributed by atoms with van der Waals surface area (Å²) in [6.07, 6.45) is 3.18. The Balaban J connectivity index is 1.53. The van der Waals surface area contributed by atoms with Crippen molar-refractivity contribution in [3.05, 3.63) is 46.8 Å². The molecule has 2 heterocycles. The molecule has 1 N–H and O–H groups in total. The summed E-state index contributed by atoms with van der Waals surface area (Å²) in [5.74, 6) is 0.476. The molecule has 3 rings (SSSR count). The second-order valence-corrected chi connectivity index (χ2v) is 7.66. The van der Waals surface area contributed by atoms with Crippen LogP contribution in [0.2, 0.25) is 0 Å². The number of nitrogens with one attached hydrogen (secondary N) is 1. The minimum Gasteiger partial charge on any atom is -0.347 e. The van der Waals surface area contributed by atoms with E-state index in [1.165, 1.54) is 11.1 Å². The predicted octanol–water partition coefficient (Wildman–Crippen LogP) is 2.97. The molecule has 1 atom stereocenters. The van der Waals surface area contributed by atoms with Gasteiger partial charge in [0.25, 0.3) is 5.91 Å². The first kappa shape index (κ1) is 18.6. The van der Waals surface area contributed by atoms with Crippen LogP contribution in [0, 0.1) is 12.8 Å². The standard InChI is InChI=1S/C20H28N4O2/c1-14(2)11-16-6-8-17(9-7-16)12-24-10-4-5-18(13-24)21-20(25)19-15(3)22-26-23-19/h6-9,14,18H,4-5,10-13H2,1-3H3,(H,21,25). The summed E-state index contributed by atoms with van der Waals surface area (Å²) in [5, 5.41) is 10.4. The van der Waals surface area contributed by atoms with Crippen LogP contribution in [0.15, 0.2) is 28.9 Å². The van der Waals surface area contributed by atoms with Crippen LogP contribution in [-0.4, -0.2) is 40.3 Å². The molecular formula is C20H28N4O2. The van der Waals surface area contributed by atoms with E-state index in [9.17, 15) is 4.79 Å². The minimum atomic E-state index is -0.200. The summed E-state index contributed by atoms with van der Waals surface area (Å²) in [7, 11) is 0. The molecule has 1 saturated heterocycles. The number of amides is 1. The second kappa shape index (κ2) is 8.45. The summed E-state index contributed by atoms with van der Waals surface area (Å²) in [6, 6.07) is 9.06. The number of piperidine rings is 1. The SMILES string of the molecule is Cc1nonc1C(=O)NC1CCCN(Cc2ccc(CC(C)C)cc2)C1. The third kappa shape index (κ3) is 4.91. The van der Waals surface area contributed by atoms with E-state index in [0.29, 0.717) is 11.6 Å². The summed E-state index contributed by atoms with van der Waals surface area (Å²) in [4.78, 5) is 14.7. The van der Waals surface area contributed by atoms with Crippen LogP contribution in [0.3, 0.4) is 0 Å². The lowest BCUT2D eigenvalue weighted by Gasteiger charge is -2.33. The van der Waals surface area contributed by atoms with Crippen molar-refractivity contribution < 1.29 is 9.42 Å². The summed E-state index contributed by atoms with van der Waals surface area (Å²) >= 11 is 0. The Labute approximate surface area is 154 Å². The zero-order chi connectivity index (χ0) is 18.5. The van der Waals surface area contributed by atoms with Crippen molar-refractivity contribution in [2.45, 2.75) is 52.6 Å². The Morgan fingerprint density at radius 3 is 2.65 bits per heavy atom. The Hall–Kier alpha value is -2.21. The third-order valence-electron chi connectivity index (χ3n) is 4.78. The molecule has 0 saturated carbocycles. The Kier molecular flexibility index (Phi) is 6.04. The van der Waals surface area contributed by atoms with Gasteiger partial charge in [-0.2, -0.15) is 0 Å². The fourth-order valence-electron chi connectivity index (χ4n) is 3.52. The van der Waals surface area contributed by atoms with Crippen LogP contribution in [-0.2, 0) is 13.0 Å². The molecule has 6 nitrogen and oxygen atoms in total. The van der Waals surface area contributed by atoms with Gasteiger partial charge in [0.2, 0.25) is 0 Å². The number of aryl methyl sites for hydroxylation is 1. The number of carbonyl (C=O) groups excluding carboxylic acids is 1. The highest BCUT2D eigenvalue weighted by Crippen LogP contribution is 2.16. The molecule has 1 aromatic carbocycles. The molecule has 1 fully saturated rings. The lowest BCUT2D eigenvalue weighted by atomic mass is 10.0. The van der Waals surface area contributed by atoms with Crippen LogP contribution in [0.25, 0.3) is 0 Å². The molecule has 1 unspecified atom stereocenters. The molecule has 1 aliphatic rings. The Bertz CT molecular complexity index is 724. The van der Waals surface area contributed by atoms with E-state index in [1.807, 2.05) is 0 Å². The van der Waals surface area contributed by atoms with Crippen LogP contribution in [0.1, 0.15) is 54.0 Å². The van der Waals surface area contributed by atoms with Crippen molar-refractivity contribution in [2.75, 3.05) is 13.1 Å². The van der Waals surface area contributed by atoms with Gasteiger partial charge in [-0.25, -0.2) is 4.63 Å². The average molecular weight is 356 g/mol. The van der Waals surface area contributed by atoms with Gasteiger partial charge in [0.1, 0.15) is 5.69 Å². The predicted molar refractivity (Wildman–Crippen MR) is 99.8 cm³/mol. The van der Waals surface area contributed by atoms with Gasteiger partial charge in [0.15, 0.2) is 5.69 Å². The zero-order valence-corrected chi connectivity index (χ0v) is 15.9. The van der Waals surface area contributed by atoms with E-state index in [2.05, 4.69) is 63.3 Å². The Morgan fingerprint density at radius 2 is 2.00 bits per heavy atom. The molecule has 1 amide bonds.